The van der Waals surface area contributed by atoms with Crippen LogP contribution in [0.1, 0.15) is 20.7 Å². The molecule has 0 aliphatic carbocycles. The standard InChI is InChI=1S/C17H15F2NO5/c1-23-13-5-3-4-12(16(22)24-2)14(13)20-15(21)10-6-8-11(9-7-10)25-17(18)19/h3-9,17H,1-2H3,(H,20,21). The van der Waals surface area contributed by atoms with Gasteiger partial charge in [-0.15, -0.1) is 0 Å². The number of hydrogen-bond donors (Lipinski definition) is 1. The molecule has 0 unspecified atom stereocenters. The minimum absolute atomic E-state index is 0.0703. The van der Waals surface area contributed by atoms with E-state index >= 15 is 0 Å². The lowest BCUT2D eigenvalue weighted by Gasteiger charge is -2.14. The fourth-order valence-corrected chi connectivity index (χ4v) is 2.08. The summed E-state index contributed by atoms with van der Waals surface area (Å²) in [6, 6.07) is 9.75. The molecule has 25 heavy (non-hydrogen) atoms. The van der Waals surface area contributed by atoms with Crippen molar-refractivity contribution in [3.63, 3.8) is 0 Å². The Bertz CT molecular complexity index is 762. The van der Waals surface area contributed by atoms with Crippen molar-refractivity contribution < 1.29 is 32.6 Å². The van der Waals surface area contributed by atoms with Crippen LogP contribution in [-0.2, 0) is 4.74 Å². The summed E-state index contributed by atoms with van der Waals surface area (Å²) in [5.74, 6) is -0.999. The Kier molecular flexibility index (Phi) is 5.89. The fraction of sp³-hybridized carbons (Fsp3) is 0.176. The molecule has 0 aromatic heterocycles. The van der Waals surface area contributed by atoms with E-state index in [0.717, 1.165) is 0 Å². The lowest BCUT2D eigenvalue weighted by atomic mass is 10.1. The number of para-hydroxylation sites is 1. The predicted molar refractivity (Wildman–Crippen MR) is 85.4 cm³/mol. The molecule has 0 radical (unpaired) electrons. The number of carbonyl (C=O) groups excluding carboxylic acids is 2. The van der Waals surface area contributed by atoms with Gasteiger partial charge in [0.1, 0.15) is 11.5 Å². The average molecular weight is 351 g/mol. The third-order valence-corrected chi connectivity index (χ3v) is 3.23. The topological polar surface area (TPSA) is 73.9 Å². The summed E-state index contributed by atoms with van der Waals surface area (Å²) in [6.45, 7) is -2.95. The lowest BCUT2D eigenvalue weighted by molar-refractivity contribution is -0.0498. The predicted octanol–water partition coefficient (Wildman–Crippen LogP) is 3.34. The van der Waals surface area contributed by atoms with Crippen molar-refractivity contribution in [2.24, 2.45) is 0 Å². The van der Waals surface area contributed by atoms with Crippen molar-refractivity contribution in [2.45, 2.75) is 6.61 Å². The van der Waals surface area contributed by atoms with Crippen molar-refractivity contribution in [3.05, 3.63) is 53.6 Å². The molecule has 0 heterocycles. The molecular weight excluding hydrogens is 336 g/mol. The van der Waals surface area contributed by atoms with Gasteiger partial charge in [0.05, 0.1) is 25.5 Å². The number of benzene rings is 2. The second-order valence-corrected chi connectivity index (χ2v) is 4.73. The number of ether oxygens (including phenoxy) is 3. The molecule has 1 N–H and O–H groups in total. The van der Waals surface area contributed by atoms with Crippen LogP contribution in [0.15, 0.2) is 42.5 Å². The highest BCUT2D eigenvalue weighted by Gasteiger charge is 2.19. The van der Waals surface area contributed by atoms with Crippen LogP contribution in [0.25, 0.3) is 0 Å². The molecule has 0 saturated carbocycles. The van der Waals surface area contributed by atoms with E-state index < -0.39 is 18.5 Å². The Labute approximate surface area is 142 Å². The molecule has 2 aromatic carbocycles. The SMILES string of the molecule is COC(=O)c1cccc(OC)c1NC(=O)c1ccc(OC(F)F)cc1. The monoisotopic (exact) mass is 351 g/mol. The van der Waals surface area contributed by atoms with Gasteiger partial charge in [-0.2, -0.15) is 8.78 Å². The highest BCUT2D eigenvalue weighted by molar-refractivity contribution is 6.09. The van der Waals surface area contributed by atoms with Gasteiger partial charge in [0, 0.05) is 5.56 Å². The van der Waals surface area contributed by atoms with Crippen LogP contribution in [0.2, 0.25) is 0 Å². The van der Waals surface area contributed by atoms with Crippen molar-refractivity contribution in [2.75, 3.05) is 19.5 Å². The summed E-state index contributed by atoms with van der Waals surface area (Å²) < 4.78 is 38.4. The number of alkyl halides is 2. The van der Waals surface area contributed by atoms with Gasteiger partial charge in [0.2, 0.25) is 0 Å². The van der Waals surface area contributed by atoms with Gasteiger partial charge in [0.25, 0.3) is 5.91 Å². The third kappa shape index (κ3) is 4.43. The number of methoxy groups -OCH3 is 2. The highest BCUT2D eigenvalue weighted by atomic mass is 19.3. The van der Waals surface area contributed by atoms with Gasteiger partial charge in [-0.05, 0) is 36.4 Å². The molecule has 0 aliphatic heterocycles. The third-order valence-electron chi connectivity index (χ3n) is 3.23. The quantitative estimate of drug-likeness (QED) is 0.808. The summed E-state index contributed by atoms with van der Waals surface area (Å²) in [5.41, 5.74) is 0.450. The first-order valence-corrected chi connectivity index (χ1v) is 7.07. The molecule has 132 valence electrons. The number of halogens is 2. The Morgan fingerprint density at radius 3 is 2.28 bits per heavy atom. The number of rotatable bonds is 6. The number of nitrogens with one attached hydrogen (secondary N) is 1. The van der Waals surface area contributed by atoms with Crippen LogP contribution in [0, 0.1) is 0 Å². The van der Waals surface area contributed by atoms with Gasteiger partial charge in [-0.1, -0.05) is 6.07 Å². The minimum atomic E-state index is -2.95. The maximum Gasteiger partial charge on any atom is 0.387 e. The summed E-state index contributed by atoms with van der Waals surface area (Å²) in [4.78, 5) is 24.2. The van der Waals surface area contributed by atoms with E-state index in [2.05, 4.69) is 14.8 Å². The normalized spacial score (nSPS) is 10.3. The van der Waals surface area contributed by atoms with Crippen molar-refractivity contribution in [3.8, 4) is 11.5 Å². The van der Waals surface area contributed by atoms with E-state index in [1.165, 1.54) is 44.6 Å². The number of carbonyl (C=O) groups is 2. The van der Waals surface area contributed by atoms with Crippen molar-refractivity contribution in [1.29, 1.82) is 0 Å². The largest absolute Gasteiger partial charge is 0.495 e. The number of esters is 1. The zero-order chi connectivity index (χ0) is 18.4. The van der Waals surface area contributed by atoms with Gasteiger partial charge in [0.15, 0.2) is 0 Å². The summed E-state index contributed by atoms with van der Waals surface area (Å²) in [5, 5.41) is 2.57. The van der Waals surface area contributed by atoms with Crippen LogP contribution in [-0.4, -0.2) is 32.7 Å². The van der Waals surface area contributed by atoms with Crippen LogP contribution in [0.5, 0.6) is 11.5 Å². The van der Waals surface area contributed by atoms with Gasteiger partial charge in [-0.3, -0.25) is 4.79 Å². The maximum absolute atomic E-state index is 12.4. The van der Waals surface area contributed by atoms with E-state index in [1.54, 1.807) is 12.1 Å². The van der Waals surface area contributed by atoms with Crippen LogP contribution >= 0.6 is 0 Å². The first kappa shape index (κ1) is 18.2. The Morgan fingerprint density at radius 1 is 1.04 bits per heavy atom. The van der Waals surface area contributed by atoms with Crippen molar-refractivity contribution in [1.82, 2.24) is 0 Å². The van der Waals surface area contributed by atoms with E-state index in [9.17, 15) is 18.4 Å². The van der Waals surface area contributed by atoms with E-state index in [4.69, 9.17) is 4.74 Å². The van der Waals surface area contributed by atoms with Crippen LogP contribution in [0.3, 0.4) is 0 Å². The molecule has 0 spiro atoms. The molecule has 6 nitrogen and oxygen atoms in total. The smallest absolute Gasteiger partial charge is 0.387 e. The average Bonchev–Trinajstić information content (AvgIpc) is 2.61. The highest BCUT2D eigenvalue weighted by Crippen LogP contribution is 2.29. The van der Waals surface area contributed by atoms with Crippen LogP contribution < -0.4 is 14.8 Å². The first-order chi connectivity index (χ1) is 12.0. The van der Waals surface area contributed by atoms with Crippen LogP contribution in [0.4, 0.5) is 14.5 Å². The van der Waals surface area contributed by atoms with Gasteiger partial charge >= 0.3 is 12.6 Å². The number of amides is 1. The molecule has 8 heteroatoms. The molecule has 0 aliphatic rings. The molecule has 0 bridgehead atoms. The fourth-order valence-electron chi connectivity index (χ4n) is 2.08. The Balaban J connectivity index is 2.26. The van der Waals surface area contributed by atoms with E-state index in [1.807, 2.05) is 0 Å². The summed E-state index contributed by atoms with van der Waals surface area (Å²) in [7, 11) is 2.61. The number of hydrogen-bond acceptors (Lipinski definition) is 5. The zero-order valence-electron chi connectivity index (χ0n) is 13.4. The lowest BCUT2D eigenvalue weighted by Crippen LogP contribution is -2.16. The second kappa shape index (κ2) is 8.09. The molecule has 2 rings (SSSR count). The minimum Gasteiger partial charge on any atom is -0.495 e. The van der Waals surface area contributed by atoms with Gasteiger partial charge in [-0.25, -0.2) is 4.79 Å². The molecule has 2 aromatic rings. The Morgan fingerprint density at radius 2 is 1.72 bits per heavy atom. The first-order valence-electron chi connectivity index (χ1n) is 7.07. The van der Waals surface area contributed by atoms with Crippen molar-refractivity contribution >= 4 is 17.6 Å². The zero-order valence-corrected chi connectivity index (χ0v) is 13.4. The van der Waals surface area contributed by atoms with E-state index in [0.29, 0.717) is 0 Å². The summed E-state index contributed by atoms with van der Waals surface area (Å²) in [6.07, 6.45) is 0. The summed E-state index contributed by atoms with van der Waals surface area (Å²) >= 11 is 0. The van der Waals surface area contributed by atoms with E-state index in [-0.39, 0.29) is 28.3 Å². The molecular formula is C17H15F2NO5. The number of anilines is 1. The molecule has 0 saturated heterocycles. The molecule has 1 amide bonds. The second-order valence-electron chi connectivity index (χ2n) is 4.73. The Hall–Kier alpha value is -3.16. The van der Waals surface area contributed by atoms with Gasteiger partial charge < -0.3 is 19.5 Å². The maximum atomic E-state index is 12.4. The molecule has 0 fully saturated rings. The molecule has 0 atom stereocenters.